The van der Waals surface area contributed by atoms with Gasteiger partial charge in [0.25, 0.3) is 0 Å². The Balaban J connectivity index is 2.60. The number of ether oxygens (including phenoxy) is 1. The topological polar surface area (TPSA) is 21.3 Å². The molecule has 1 aliphatic carbocycles. The Labute approximate surface area is 75.7 Å². The molecule has 0 aromatic rings. The van der Waals surface area contributed by atoms with Crippen LogP contribution in [0, 0.1) is 5.92 Å². The van der Waals surface area contributed by atoms with Gasteiger partial charge < -0.3 is 10.1 Å². The average Bonchev–Trinajstić information content (AvgIpc) is 2.10. The molecule has 1 fully saturated rings. The normalized spacial score (nSPS) is 36.8. The molecule has 2 unspecified atom stereocenters. The summed E-state index contributed by atoms with van der Waals surface area (Å²) in [5.74, 6) is 0.698. The fourth-order valence-electron chi connectivity index (χ4n) is 2.32. The number of methoxy groups -OCH3 is 1. The van der Waals surface area contributed by atoms with Crippen LogP contribution >= 0.6 is 0 Å². The van der Waals surface area contributed by atoms with E-state index in [2.05, 4.69) is 12.2 Å². The van der Waals surface area contributed by atoms with E-state index in [1.807, 2.05) is 14.2 Å². The smallest absolute Gasteiger partial charge is 0.0827 e. The van der Waals surface area contributed by atoms with Crippen LogP contribution in [0.25, 0.3) is 0 Å². The van der Waals surface area contributed by atoms with E-state index in [4.69, 9.17) is 4.74 Å². The van der Waals surface area contributed by atoms with Crippen molar-refractivity contribution in [2.45, 2.75) is 38.2 Å². The van der Waals surface area contributed by atoms with Gasteiger partial charge in [-0.1, -0.05) is 19.8 Å². The molecule has 12 heavy (non-hydrogen) atoms. The van der Waals surface area contributed by atoms with Crippen LogP contribution in [0.4, 0.5) is 0 Å². The first-order valence-corrected chi connectivity index (χ1v) is 4.95. The summed E-state index contributed by atoms with van der Waals surface area (Å²) in [7, 11) is 3.85. The summed E-state index contributed by atoms with van der Waals surface area (Å²) < 4.78 is 5.67. The van der Waals surface area contributed by atoms with E-state index in [0.717, 1.165) is 6.54 Å². The van der Waals surface area contributed by atoms with E-state index in [-0.39, 0.29) is 5.60 Å². The van der Waals surface area contributed by atoms with Gasteiger partial charge in [0, 0.05) is 13.7 Å². The molecule has 0 heterocycles. The van der Waals surface area contributed by atoms with Crippen molar-refractivity contribution in [2.24, 2.45) is 5.92 Å². The zero-order chi connectivity index (χ0) is 9.03. The van der Waals surface area contributed by atoms with Crippen LogP contribution in [0.3, 0.4) is 0 Å². The maximum Gasteiger partial charge on any atom is 0.0827 e. The largest absolute Gasteiger partial charge is 0.377 e. The Kier molecular flexibility index (Phi) is 3.53. The van der Waals surface area contributed by atoms with E-state index < -0.39 is 0 Å². The first-order valence-electron chi connectivity index (χ1n) is 4.95. The van der Waals surface area contributed by atoms with Crippen molar-refractivity contribution in [1.29, 1.82) is 0 Å². The molecular weight excluding hydrogens is 150 g/mol. The summed E-state index contributed by atoms with van der Waals surface area (Å²) in [4.78, 5) is 0. The van der Waals surface area contributed by atoms with Gasteiger partial charge in [-0.3, -0.25) is 0 Å². The molecule has 1 rings (SSSR count). The average molecular weight is 171 g/mol. The minimum absolute atomic E-state index is 0.118. The lowest BCUT2D eigenvalue weighted by atomic mass is 9.76. The van der Waals surface area contributed by atoms with E-state index >= 15 is 0 Å². The lowest BCUT2D eigenvalue weighted by Crippen LogP contribution is -2.48. The zero-order valence-corrected chi connectivity index (χ0v) is 8.52. The highest BCUT2D eigenvalue weighted by atomic mass is 16.5. The standard InChI is InChI=1S/C10H21NO/c1-9-6-4-5-7-10(9,12-3)8-11-2/h9,11H,4-8H2,1-3H3. The second-order valence-corrected chi connectivity index (χ2v) is 3.95. The predicted molar refractivity (Wildman–Crippen MR) is 51.3 cm³/mol. The highest BCUT2D eigenvalue weighted by molar-refractivity contribution is 4.90. The van der Waals surface area contributed by atoms with Crippen LogP contribution in [-0.4, -0.2) is 26.3 Å². The van der Waals surface area contributed by atoms with Gasteiger partial charge in [-0.2, -0.15) is 0 Å². The zero-order valence-electron chi connectivity index (χ0n) is 8.52. The molecule has 0 radical (unpaired) electrons. The maximum absolute atomic E-state index is 5.67. The molecule has 72 valence electrons. The summed E-state index contributed by atoms with van der Waals surface area (Å²) in [6, 6.07) is 0. The fraction of sp³-hybridized carbons (Fsp3) is 1.00. The number of hydrogen-bond acceptors (Lipinski definition) is 2. The number of rotatable bonds is 3. The Morgan fingerprint density at radius 3 is 2.75 bits per heavy atom. The third-order valence-electron chi connectivity index (χ3n) is 3.27. The van der Waals surface area contributed by atoms with Crippen LogP contribution in [0.2, 0.25) is 0 Å². The molecule has 0 spiro atoms. The van der Waals surface area contributed by atoms with Gasteiger partial charge in [0.2, 0.25) is 0 Å². The summed E-state index contributed by atoms with van der Waals surface area (Å²) in [5.41, 5.74) is 0.118. The van der Waals surface area contributed by atoms with Crippen molar-refractivity contribution < 1.29 is 4.74 Å². The van der Waals surface area contributed by atoms with E-state index in [1.165, 1.54) is 25.7 Å². The van der Waals surface area contributed by atoms with Crippen LogP contribution in [0.1, 0.15) is 32.6 Å². The highest BCUT2D eigenvalue weighted by Gasteiger charge is 2.37. The summed E-state index contributed by atoms with van der Waals surface area (Å²) in [5, 5.41) is 3.23. The molecule has 1 saturated carbocycles. The molecule has 2 heteroatoms. The van der Waals surface area contributed by atoms with E-state index in [1.54, 1.807) is 0 Å². The highest BCUT2D eigenvalue weighted by Crippen LogP contribution is 2.35. The molecule has 0 saturated heterocycles. The number of hydrogen-bond donors (Lipinski definition) is 1. The minimum Gasteiger partial charge on any atom is -0.377 e. The Morgan fingerprint density at radius 2 is 2.25 bits per heavy atom. The quantitative estimate of drug-likeness (QED) is 0.699. The molecule has 1 N–H and O–H groups in total. The molecule has 2 nitrogen and oxygen atoms in total. The van der Waals surface area contributed by atoms with Gasteiger partial charge in [-0.05, 0) is 25.8 Å². The first-order chi connectivity index (χ1) is 5.75. The third-order valence-corrected chi connectivity index (χ3v) is 3.27. The molecule has 2 atom stereocenters. The molecule has 0 aromatic heterocycles. The maximum atomic E-state index is 5.67. The van der Waals surface area contributed by atoms with Crippen molar-refractivity contribution in [3.8, 4) is 0 Å². The second kappa shape index (κ2) is 4.24. The van der Waals surface area contributed by atoms with Gasteiger partial charge in [-0.15, -0.1) is 0 Å². The van der Waals surface area contributed by atoms with Crippen molar-refractivity contribution in [3.63, 3.8) is 0 Å². The van der Waals surface area contributed by atoms with Crippen molar-refractivity contribution >= 4 is 0 Å². The lowest BCUT2D eigenvalue weighted by molar-refractivity contribution is -0.0739. The molecule has 0 aromatic carbocycles. The van der Waals surface area contributed by atoms with Gasteiger partial charge in [0.1, 0.15) is 0 Å². The van der Waals surface area contributed by atoms with Gasteiger partial charge in [0.15, 0.2) is 0 Å². The molecule has 0 amide bonds. The van der Waals surface area contributed by atoms with Crippen LogP contribution in [0.5, 0.6) is 0 Å². The summed E-state index contributed by atoms with van der Waals surface area (Å²) in [6.45, 7) is 3.30. The van der Waals surface area contributed by atoms with Gasteiger partial charge >= 0.3 is 0 Å². The van der Waals surface area contributed by atoms with Gasteiger partial charge in [-0.25, -0.2) is 0 Å². The number of likely N-dealkylation sites (N-methyl/N-ethyl adjacent to an activating group) is 1. The van der Waals surface area contributed by atoms with Crippen molar-refractivity contribution in [2.75, 3.05) is 20.7 Å². The predicted octanol–water partition coefficient (Wildman–Crippen LogP) is 1.80. The van der Waals surface area contributed by atoms with Crippen LogP contribution < -0.4 is 5.32 Å². The monoisotopic (exact) mass is 171 g/mol. The Bertz CT molecular complexity index is 134. The second-order valence-electron chi connectivity index (χ2n) is 3.95. The number of nitrogens with one attached hydrogen (secondary N) is 1. The summed E-state index contributed by atoms with van der Waals surface area (Å²) in [6.07, 6.45) is 5.22. The van der Waals surface area contributed by atoms with Crippen LogP contribution in [-0.2, 0) is 4.74 Å². The molecule has 0 aliphatic heterocycles. The van der Waals surface area contributed by atoms with Gasteiger partial charge in [0.05, 0.1) is 5.60 Å². The first kappa shape index (κ1) is 10.0. The Hall–Kier alpha value is -0.0800. The Morgan fingerprint density at radius 1 is 1.50 bits per heavy atom. The molecule has 0 bridgehead atoms. The van der Waals surface area contributed by atoms with E-state index in [9.17, 15) is 0 Å². The van der Waals surface area contributed by atoms with Crippen LogP contribution in [0.15, 0.2) is 0 Å². The van der Waals surface area contributed by atoms with Crippen molar-refractivity contribution in [3.05, 3.63) is 0 Å². The minimum atomic E-state index is 0.118. The third kappa shape index (κ3) is 1.80. The van der Waals surface area contributed by atoms with Crippen molar-refractivity contribution in [1.82, 2.24) is 5.32 Å². The molecule has 1 aliphatic rings. The molecular formula is C10H21NO. The summed E-state index contributed by atoms with van der Waals surface area (Å²) >= 11 is 0. The lowest BCUT2D eigenvalue weighted by Gasteiger charge is -2.41. The van der Waals surface area contributed by atoms with E-state index in [0.29, 0.717) is 5.92 Å². The SMILES string of the molecule is CNCC1(OC)CCCCC1C. The fourth-order valence-corrected chi connectivity index (χ4v) is 2.32.